The molecule has 0 atom stereocenters. The van der Waals surface area contributed by atoms with Gasteiger partial charge in [-0.15, -0.1) is 0 Å². The molecule has 0 bridgehead atoms. The van der Waals surface area contributed by atoms with Gasteiger partial charge in [-0.2, -0.15) is 4.31 Å². The molecule has 2 rings (SSSR count). The third-order valence-electron chi connectivity index (χ3n) is 3.71. The summed E-state index contributed by atoms with van der Waals surface area (Å²) in [6.07, 6.45) is 3.22. The van der Waals surface area contributed by atoms with Crippen molar-refractivity contribution in [2.75, 3.05) is 18.8 Å². The van der Waals surface area contributed by atoms with E-state index in [1.165, 1.54) is 10.4 Å². The normalized spacial score (nSPS) is 16.4. The average Bonchev–Trinajstić information content (AvgIpc) is 2.32. The van der Waals surface area contributed by atoms with Crippen molar-refractivity contribution in [3.05, 3.63) is 22.4 Å². The third-order valence-corrected chi connectivity index (χ3v) is 6.35. The van der Waals surface area contributed by atoms with Gasteiger partial charge in [0.15, 0.2) is 0 Å². The fraction of sp³-hybridized carbons (Fsp3) is 0.538. The number of benzene rings is 1. The van der Waals surface area contributed by atoms with Crippen LogP contribution in [0.5, 0.6) is 0 Å². The zero-order chi connectivity index (χ0) is 14.9. The third kappa shape index (κ3) is 2.99. The lowest BCUT2D eigenvalue weighted by Gasteiger charge is -2.31. The first-order chi connectivity index (χ1) is 9.36. The summed E-state index contributed by atoms with van der Waals surface area (Å²) in [5.74, 6) is -0.390. The van der Waals surface area contributed by atoms with Crippen LogP contribution in [0.3, 0.4) is 0 Å². The Morgan fingerprint density at radius 2 is 2.10 bits per heavy atom. The predicted molar refractivity (Wildman–Crippen MR) is 80.3 cm³/mol. The van der Waals surface area contributed by atoms with Crippen LogP contribution in [-0.2, 0) is 10.0 Å². The topological polar surface area (TPSA) is 63.4 Å². The highest BCUT2D eigenvalue weighted by atomic mass is 79.9. The summed E-state index contributed by atoms with van der Waals surface area (Å²) < 4.78 is 40.7. The second kappa shape index (κ2) is 5.99. The molecule has 1 aromatic carbocycles. The molecule has 1 aliphatic carbocycles. The molecule has 0 amide bonds. The largest absolute Gasteiger partial charge is 0.398 e. The van der Waals surface area contributed by atoms with Gasteiger partial charge in [-0.1, -0.05) is 13.3 Å². The number of sulfonamides is 1. The first kappa shape index (κ1) is 15.7. The predicted octanol–water partition coefficient (Wildman–Crippen LogP) is 2.98. The van der Waals surface area contributed by atoms with Gasteiger partial charge in [0.25, 0.3) is 0 Å². The van der Waals surface area contributed by atoms with Crippen LogP contribution in [0.15, 0.2) is 21.5 Å². The van der Waals surface area contributed by atoms with Crippen molar-refractivity contribution in [1.29, 1.82) is 0 Å². The molecule has 2 N–H and O–H groups in total. The second-order valence-electron chi connectivity index (χ2n) is 5.06. The zero-order valence-corrected chi connectivity index (χ0v) is 13.7. The summed E-state index contributed by atoms with van der Waals surface area (Å²) >= 11 is 3.09. The molecule has 7 heteroatoms. The van der Waals surface area contributed by atoms with Crippen molar-refractivity contribution in [3.8, 4) is 0 Å². The standard InChI is InChI=1S/C13H18BrFN2O2S/c1-2-17(8-9-4-3-5-9)20(18,19)13-7-12(16)10(14)6-11(13)15/h6-7,9H,2-5,8,16H2,1H3. The van der Waals surface area contributed by atoms with E-state index in [1.807, 2.05) is 0 Å². The molecule has 1 fully saturated rings. The number of hydrogen-bond donors (Lipinski definition) is 1. The van der Waals surface area contributed by atoms with Crippen LogP contribution in [-0.4, -0.2) is 25.8 Å². The van der Waals surface area contributed by atoms with Gasteiger partial charge in [-0.3, -0.25) is 0 Å². The van der Waals surface area contributed by atoms with E-state index < -0.39 is 15.8 Å². The minimum Gasteiger partial charge on any atom is -0.398 e. The maximum Gasteiger partial charge on any atom is 0.246 e. The Morgan fingerprint density at radius 1 is 1.45 bits per heavy atom. The number of nitrogens with zero attached hydrogens (tertiary/aromatic N) is 1. The van der Waals surface area contributed by atoms with E-state index in [0.717, 1.165) is 25.3 Å². The smallest absolute Gasteiger partial charge is 0.246 e. The molecule has 112 valence electrons. The molecule has 0 heterocycles. The molecule has 0 radical (unpaired) electrons. The van der Waals surface area contributed by atoms with Crippen molar-refractivity contribution in [3.63, 3.8) is 0 Å². The van der Waals surface area contributed by atoms with Crippen LogP contribution in [0, 0.1) is 11.7 Å². The van der Waals surface area contributed by atoms with Crippen molar-refractivity contribution in [1.82, 2.24) is 4.31 Å². The molecule has 0 aliphatic heterocycles. The summed E-state index contributed by atoms with van der Waals surface area (Å²) in [5.41, 5.74) is 5.88. The SMILES string of the molecule is CCN(CC1CCC1)S(=O)(=O)c1cc(N)c(Br)cc1F. The number of nitrogens with two attached hydrogens (primary N) is 1. The van der Waals surface area contributed by atoms with Crippen LogP contribution in [0.1, 0.15) is 26.2 Å². The highest BCUT2D eigenvalue weighted by Gasteiger charge is 2.30. The first-order valence-corrected chi connectivity index (χ1v) is 8.84. The highest BCUT2D eigenvalue weighted by molar-refractivity contribution is 9.10. The number of nitrogen functional groups attached to an aromatic ring is 1. The fourth-order valence-corrected chi connectivity index (χ4v) is 4.16. The van der Waals surface area contributed by atoms with Crippen molar-refractivity contribution < 1.29 is 12.8 Å². The molecule has 0 saturated heterocycles. The lowest BCUT2D eigenvalue weighted by Crippen LogP contribution is -2.37. The molecule has 1 aromatic rings. The summed E-state index contributed by atoms with van der Waals surface area (Å²) in [6, 6.07) is 2.28. The summed E-state index contributed by atoms with van der Waals surface area (Å²) in [6.45, 7) is 2.54. The Kier molecular flexibility index (Phi) is 4.71. The molecule has 0 unspecified atom stereocenters. The van der Waals surface area contributed by atoms with E-state index in [4.69, 9.17) is 5.73 Å². The maximum absolute atomic E-state index is 14.0. The van der Waals surface area contributed by atoms with Gasteiger partial charge in [0, 0.05) is 23.2 Å². The van der Waals surface area contributed by atoms with Crippen LogP contribution in [0.25, 0.3) is 0 Å². The highest BCUT2D eigenvalue weighted by Crippen LogP contribution is 2.31. The van der Waals surface area contributed by atoms with Gasteiger partial charge >= 0.3 is 0 Å². The van der Waals surface area contributed by atoms with Crippen molar-refractivity contribution >= 4 is 31.6 Å². The maximum atomic E-state index is 14.0. The van der Waals surface area contributed by atoms with E-state index in [9.17, 15) is 12.8 Å². The molecule has 1 saturated carbocycles. The zero-order valence-electron chi connectivity index (χ0n) is 11.3. The van der Waals surface area contributed by atoms with Crippen LogP contribution < -0.4 is 5.73 Å². The molecule has 1 aliphatic rings. The number of anilines is 1. The number of rotatable bonds is 5. The Labute approximate surface area is 127 Å². The van der Waals surface area contributed by atoms with Crippen molar-refractivity contribution in [2.24, 2.45) is 5.92 Å². The molecule has 0 aromatic heterocycles. The van der Waals surface area contributed by atoms with Gasteiger partial charge in [-0.05, 0) is 46.8 Å². The van der Waals surface area contributed by atoms with Crippen LogP contribution >= 0.6 is 15.9 Å². The Morgan fingerprint density at radius 3 is 2.60 bits per heavy atom. The first-order valence-electron chi connectivity index (χ1n) is 6.61. The summed E-state index contributed by atoms with van der Waals surface area (Å²) in [4.78, 5) is -0.348. The fourth-order valence-electron chi connectivity index (χ4n) is 2.24. The second-order valence-corrected chi connectivity index (χ2v) is 7.82. The van der Waals surface area contributed by atoms with E-state index in [2.05, 4.69) is 15.9 Å². The molecule has 0 spiro atoms. The van der Waals surface area contributed by atoms with Crippen LogP contribution in [0.2, 0.25) is 0 Å². The van der Waals surface area contributed by atoms with Gasteiger partial charge in [-0.25, -0.2) is 12.8 Å². The Balaban J connectivity index is 2.34. The Hall–Kier alpha value is -0.660. The van der Waals surface area contributed by atoms with Gasteiger partial charge in [0.05, 0.1) is 0 Å². The average molecular weight is 365 g/mol. The quantitative estimate of drug-likeness (QED) is 0.816. The summed E-state index contributed by atoms with van der Waals surface area (Å²) in [5, 5.41) is 0. The lowest BCUT2D eigenvalue weighted by atomic mass is 9.85. The number of halogens is 2. The minimum absolute atomic E-state index is 0.213. The monoisotopic (exact) mass is 364 g/mol. The van der Waals surface area contributed by atoms with Gasteiger partial charge in [0.2, 0.25) is 10.0 Å². The lowest BCUT2D eigenvalue weighted by molar-refractivity contribution is 0.249. The minimum atomic E-state index is -3.83. The van der Waals surface area contributed by atoms with Gasteiger partial charge in [0.1, 0.15) is 10.7 Å². The van der Waals surface area contributed by atoms with E-state index in [-0.39, 0.29) is 10.6 Å². The van der Waals surface area contributed by atoms with E-state index in [1.54, 1.807) is 6.92 Å². The van der Waals surface area contributed by atoms with E-state index in [0.29, 0.717) is 23.5 Å². The van der Waals surface area contributed by atoms with E-state index >= 15 is 0 Å². The van der Waals surface area contributed by atoms with Crippen molar-refractivity contribution in [2.45, 2.75) is 31.1 Å². The number of hydrogen-bond acceptors (Lipinski definition) is 3. The van der Waals surface area contributed by atoms with Gasteiger partial charge < -0.3 is 5.73 Å². The molecule has 4 nitrogen and oxygen atoms in total. The summed E-state index contributed by atoms with van der Waals surface area (Å²) in [7, 11) is -3.83. The molecule has 20 heavy (non-hydrogen) atoms. The molecular weight excluding hydrogens is 347 g/mol. The molecular formula is C13H18BrFN2O2S. The van der Waals surface area contributed by atoms with Crippen LogP contribution in [0.4, 0.5) is 10.1 Å². The Bertz CT molecular complexity index is 603.